The molecule has 3 atom stereocenters. The highest BCUT2D eigenvalue weighted by Crippen LogP contribution is 2.41. The van der Waals surface area contributed by atoms with Crippen molar-refractivity contribution in [3.05, 3.63) is 54.4 Å². The standard InChI is InChI=1S/C29H37N5O3S/c35-25(10-4-3-9-24-26-22(19-38-24)30-28(37)31-26)34-18-13-29(20-34)11-16-33(17-12-29)27(36)21-7-1-2-8-23(21)32-14-5-6-15-32/h1-2,5-8,14-15,22,24,26H,3-4,9-13,16-20H2,(H2,30,31,37)/t22-,24-,26-/m0/s1. The average molecular weight is 536 g/mol. The molecule has 0 aliphatic carbocycles. The van der Waals surface area contributed by atoms with Gasteiger partial charge in [0.15, 0.2) is 0 Å². The molecule has 2 N–H and O–H groups in total. The number of piperidine rings is 1. The maximum Gasteiger partial charge on any atom is 0.315 e. The molecule has 0 bridgehead atoms. The predicted molar refractivity (Wildman–Crippen MR) is 148 cm³/mol. The number of amides is 4. The van der Waals surface area contributed by atoms with Gasteiger partial charge < -0.3 is 25.0 Å². The van der Waals surface area contributed by atoms with E-state index in [0.29, 0.717) is 11.7 Å². The van der Waals surface area contributed by atoms with E-state index >= 15 is 0 Å². The molecule has 38 heavy (non-hydrogen) atoms. The zero-order chi connectivity index (χ0) is 26.1. The Balaban J connectivity index is 0.959. The van der Waals surface area contributed by atoms with Crippen LogP contribution in [0.3, 0.4) is 0 Å². The van der Waals surface area contributed by atoms with Crippen LogP contribution < -0.4 is 10.6 Å². The number of hydrogen-bond donors (Lipinski definition) is 2. The average Bonchev–Trinajstić information content (AvgIpc) is 3.73. The second-order valence-electron chi connectivity index (χ2n) is 11.3. The first kappa shape index (κ1) is 25.3. The lowest BCUT2D eigenvalue weighted by Gasteiger charge is -2.39. The third-order valence-corrected chi connectivity index (χ3v) is 10.5. The van der Waals surface area contributed by atoms with E-state index in [-0.39, 0.29) is 35.3 Å². The van der Waals surface area contributed by atoms with E-state index in [1.165, 1.54) is 0 Å². The summed E-state index contributed by atoms with van der Waals surface area (Å²) in [7, 11) is 0. The maximum atomic E-state index is 13.4. The molecule has 1 spiro atoms. The normalized spacial score (nSPS) is 25.9. The van der Waals surface area contributed by atoms with Gasteiger partial charge in [-0.2, -0.15) is 11.8 Å². The molecule has 4 fully saturated rings. The Morgan fingerprint density at radius 1 is 0.947 bits per heavy atom. The molecule has 1 aromatic carbocycles. The summed E-state index contributed by atoms with van der Waals surface area (Å²) >= 11 is 1.93. The fourth-order valence-corrected chi connectivity index (χ4v) is 8.25. The summed E-state index contributed by atoms with van der Waals surface area (Å²) in [6, 6.07) is 12.2. The highest BCUT2D eigenvalue weighted by atomic mass is 32.2. The molecule has 202 valence electrons. The summed E-state index contributed by atoms with van der Waals surface area (Å²) in [6.07, 6.45) is 10.5. The van der Waals surface area contributed by atoms with Crippen molar-refractivity contribution in [1.29, 1.82) is 0 Å². The van der Waals surface area contributed by atoms with Crippen molar-refractivity contribution in [1.82, 2.24) is 25.0 Å². The van der Waals surface area contributed by atoms with Crippen LogP contribution in [0.25, 0.3) is 5.69 Å². The highest BCUT2D eigenvalue weighted by molar-refractivity contribution is 8.00. The van der Waals surface area contributed by atoms with Crippen LogP contribution in [0.15, 0.2) is 48.8 Å². The number of hydrogen-bond acceptors (Lipinski definition) is 4. The highest BCUT2D eigenvalue weighted by Gasteiger charge is 2.44. The lowest BCUT2D eigenvalue weighted by molar-refractivity contribution is -0.130. The molecular weight excluding hydrogens is 498 g/mol. The molecule has 5 heterocycles. The van der Waals surface area contributed by atoms with Crippen LogP contribution in [0.5, 0.6) is 0 Å². The Labute approximate surface area is 228 Å². The number of carbonyl (C=O) groups excluding carboxylic acids is 3. The smallest absolute Gasteiger partial charge is 0.315 e. The number of thioether (sulfide) groups is 1. The Kier molecular flexibility index (Phi) is 7.12. The van der Waals surface area contributed by atoms with Crippen LogP contribution >= 0.6 is 11.8 Å². The Bertz CT molecular complexity index is 1180. The van der Waals surface area contributed by atoms with Crippen molar-refractivity contribution in [3.63, 3.8) is 0 Å². The quantitative estimate of drug-likeness (QED) is 0.419. The van der Waals surface area contributed by atoms with E-state index in [2.05, 4.69) is 15.5 Å². The van der Waals surface area contributed by atoms with Crippen LogP contribution in [0.4, 0.5) is 4.79 Å². The van der Waals surface area contributed by atoms with Gasteiger partial charge in [-0.05, 0) is 61.8 Å². The van der Waals surface area contributed by atoms with Gasteiger partial charge in [0.05, 0.1) is 23.3 Å². The third-order valence-electron chi connectivity index (χ3n) is 8.99. The van der Waals surface area contributed by atoms with Gasteiger partial charge in [0, 0.05) is 56.0 Å². The largest absolute Gasteiger partial charge is 0.342 e. The minimum Gasteiger partial charge on any atom is -0.342 e. The van der Waals surface area contributed by atoms with E-state index in [0.717, 1.165) is 81.7 Å². The second-order valence-corrected chi connectivity index (χ2v) is 12.6. The first-order valence-electron chi connectivity index (χ1n) is 14.0. The lowest BCUT2D eigenvalue weighted by atomic mass is 9.77. The summed E-state index contributed by atoms with van der Waals surface area (Å²) in [4.78, 5) is 42.1. The molecule has 0 radical (unpaired) electrons. The number of carbonyl (C=O) groups is 3. The number of unbranched alkanes of at least 4 members (excludes halogenated alkanes) is 1. The Hall–Kier alpha value is -2.94. The molecule has 1 aromatic heterocycles. The fourth-order valence-electron chi connectivity index (χ4n) is 6.71. The molecule has 4 aliphatic rings. The molecule has 0 saturated carbocycles. The molecule has 4 aliphatic heterocycles. The molecule has 0 unspecified atom stereocenters. The molecule has 6 rings (SSSR count). The summed E-state index contributed by atoms with van der Waals surface area (Å²) < 4.78 is 1.99. The number of rotatable bonds is 7. The Morgan fingerprint density at radius 3 is 2.47 bits per heavy atom. The van der Waals surface area contributed by atoms with Crippen LogP contribution in [0, 0.1) is 5.41 Å². The molecule has 9 heteroatoms. The van der Waals surface area contributed by atoms with Crippen LogP contribution in [-0.2, 0) is 4.79 Å². The number of para-hydroxylation sites is 1. The van der Waals surface area contributed by atoms with Gasteiger partial charge in [-0.1, -0.05) is 18.6 Å². The molecular formula is C29H37N5O3S. The monoisotopic (exact) mass is 535 g/mol. The van der Waals surface area contributed by atoms with E-state index in [1.807, 2.05) is 70.0 Å². The molecule has 8 nitrogen and oxygen atoms in total. The summed E-state index contributed by atoms with van der Waals surface area (Å²) in [5, 5.41) is 6.49. The topological polar surface area (TPSA) is 86.7 Å². The number of likely N-dealkylation sites (tertiary alicyclic amines) is 2. The molecule has 4 saturated heterocycles. The first-order chi connectivity index (χ1) is 18.5. The first-order valence-corrected chi connectivity index (χ1v) is 15.0. The van der Waals surface area contributed by atoms with E-state index in [1.54, 1.807) is 0 Å². The minimum absolute atomic E-state index is 0.0413. The maximum absolute atomic E-state index is 13.4. The van der Waals surface area contributed by atoms with E-state index in [4.69, 9.17) is 0 Å². The van der Waals surface area contributed by atoms with Gasteiger partial charge in [-0.25, -0.2) is 4.79 Å². The number of aromatic nitrogens is 1. The van der Waals surface area contributed by atoms with Gasteiger partial charge in [-0.3, -0.25) is 9.59 Å². The number of fused-ring (bicyclic) bond motifs is 1. The summed E-state index contributed by atoms with van der Waals surface area (Å²) in [6.45, 7) is 3.15. The lowest BCUT2D eigenvalue weighted by Crippen LogP contribution is -2.44. The van der Waals surface area contributed by atoms with Crippen molar-refractivity contribution in [2.75, 3.05) is 31.9 Å². The predicted octanol–water partition coefficient (Wildman–Crippen LogP) is 3.66. The third kappa shape index (κ3) is 5.05. The minimum atomic E-state index is -0.0413. The Morgan fingerprint density at radius 2 is 1.68 bits per heavy atom. The molecule has 2 aromatic rings. The summed E-state index contributed by atoms with van der Waals surface area (Å²) in [5.74, 6) is 1.34. The van der Waals surface area contributed by atoms with Crippen molar-refractivity contribution >= 4 is 29.6 Å². The van der Waals surface area contributed by atoms with Gasteiger partial charge >= 0.3 is 6.03 Å². The van der Waals surface area contributed by atoms with Crippen molar-refractivity contribution < 1.29 is 14.4 Å². The van der Waals surface area contributed by atoms with Gasteiger partial charge in [-0.15, -0.1) is 0 Å². The van der Waals surface area contributed by atoms with Crippen LogP contribution in [0.2, 0.25) is 0 Å². The van der Waals surface area contributed by atoms with Crippen molar-refractivity contribution in [2.24, 2.45) is 5.41 Å². The number of urea groups is 1. The van der Waals surface area contributed by atoms with Crippen molar-refractivity contribution in [2.45, 2.75) is 62.3 Å². The fraction of sp³-hybridized carbons (Fsp3) is 0.552. The molecule has 4 amide bonds. The van der Waals surface area contributed by atoms with Gasteiger partial charge in [0.2, 0.25) is 5.91 Å². The van der Waals surface area contributed by atoms with E-state index < -0.39 is 0 Å². The van der Waals surface area contributed by atoms with Crippen molar-refractivity contribution in [3.8, 4) is 5.69 Å². The number of nitrogens with zero attached hydrogens (tertiary/aromatic N) is 3. The van der Waals surface area contributed by atoms with Gasteiger partial charge in [0.1, 0.15) is 0 Å². The zero-order valence-electron chi connectivity index (χ0n) is 21.8. The van der Waals surface area contributed by atoms with Crippen LogP contribution in [0.1, 0.15) is 55.3 Å². The van der Waals surface area contributed by atoms with Crippen LogP contribution in [-0.4, -0.2) is 81.5 Å². The van der Waals surface area contributed by atoms with E-state index in [9.17, 15) is 14.4 Å². The number of benzene rings is 1. The summed E-state index contributed by atoms with van der Waals surface area (Å²) in [5.41, 5.74) is 1.80. The zero-order valence-corrected chi connectivity index (χ0v) is 22.6. The second kappa shape index (κ2) is 10.7. The van der Waals surface area contributed by atoms with Gasteiger partial charge in [0.25, 0.3) is 5.91 Å². The number of nitrogens with one attached hydrogen (secondary N) is 2. The SMILES string of the molecule is O=C1N[C@H]2[C@H](CS[C@H]2CCCCC(=O)N2CCC3(CCN(C(=O)c4ccccc4-n4cccc4)CC3)C2)N1.